The highest BCUT2D eigenvalue weighted by molar-refractivity contribution is 6.14. The highest BCUT2D eigenvalue weighted by Crippen LogP contribution is 2.62. The largest absolute Gasteiger partial charge is 0.457 e. The predicted octanol–water partition coefficient (Wildman–Crippen LogP) is 14.0. The summed E-state index contributed by atoms with van der Waals surface area (Å²) >= 11 is 0. The standard InChI is InChI=1S/C56H33N3O/c1-3-13-34(14-4-1)48-29-26-36-23-24-37-27-30-49(58-55(37)54(36)57-48)38-25-28-40-41-32-42-39-17-7-8-18-44(39)56(45-19-9-11-21-51(45)60-52-22-12-10-20-46(52)56)47(42)33-43(41)53(59-50(40)31-38)35-15-5-2-6-16-35/h1-33H. The maximum atomic E-state index is 6.63. The SMILES string of the molecule is c1ccc(-c2ccc3ccc4ccc(-c5ccc6c(c5)nc(-c5ccccc5)c5cc7c(cc56)-c5ccccc5C75c6ccccc6Oc6ccccc65)nc4c3n2)cc1. The van der Waals surface area contributed by atoms with Gasteiger partial charge in [0.15, 0.2) is 0 Å². The summed E-state index contributed by atoms with van der Waals surface area (Å²) in [4.78, 5) is 16.0. The lowest BCUT2D eigenvalue weighted by atomic mass is 9.66. The predicted molar refractivity (Wildman–Crippen MR) is 244 cm³/mol. The topological polar surface area (TPSA) is 47.9 Å². The molecule has 0 radical (unpaired) electrons. The van der Waals surface area contributed by atoms with Gasteiger partial charge in [-0.25, -0.2) is 15.0 Å². The summed E-state index contributed by atoms with van der Waals surface area (Å²) in [6, 6.07) is 71.2. The molecule has 60 heavy (non-hydrogen) atoms. The van der Waals surface area contributed by atoms with E-state index >= 15 is 0 Å². The summed E-state index contributed by atoms with van der Waals surface area (Å²) in [6.07, 6.45) is 0. The molecule has 13 rings (SSSR count). The fourth-order valence-corrected chi connectivity index (χ4v) is 10.0. The molecule has 278 valence electrons. The summed E-state index contributed by atoms with van der Waals surface area (Å²) in [5, 5.41) is 5.50. The van der Waals surface area contributed by atoms with E-state index in [1.165, 1.54) is 27.6 Å². The Balaban J connectivity index is 1.06. The van der Waals surface area contributed by atoms with Gasteiger partial charge in [0.2, 0.25) is 0 Å². The van der Waals surface area contributed by atoms with Crippen LogP contribution in [0, 0.1) is 0 Å². The summed E-state index contributed by atoms with van der Waals surface area (Å²) in [7, 11) is 0. The van der Waals surface area contributed by atoms with E-state index < -0.39 is 5.41 Å². The van der Waals surface area contributed by atoms with Crippen LogP contribution < -0.4 is 4.74 Å². The lowest BCUT2D eigenvalue weighted by Crippen LogP contribution is -2.32. The van der Waals surface area contributed by atoms with Crippen molar-refractivity contribution in [1.29, 1.82) is 0 Å². The lowest BCUT2D eigenvalue weighted by molar-refractivity contribution is 0.436. The Morgan fingerprint density at radius 3 is 1.60 bits per heavy atom. The minimum atomic E-state index is -0.568. The van der Waals surface area contributed by atoms with E-state index in [0.717, 1.165) is 94.5 Å². The fraction of sp³-hybridized carbons (Fsp3) is 0.0179. The number of rotatable bonds is 3. The molecule has 0 saturated heterocycles. The molecule has 0 unspecified atom stereocenters. The number of hydrogen-bond donors (Lipinski definition) is 0. The van der Waals surface area contributed by atoms with E-state index in [0.29, 0.717) is 0 Å². The highest BCUT2D eigenvalue weighted by Gasteiger charge is 2.51. The Labute approximate surface area is 346 Å². The Kier molecular flexibility index (Phi) is 6.90. The maximum absolute atomic E-state index is 6.63. The molecule has 1 spiro atoms. The Morgan fingerprint density at radius 1 is 0.350 bits per heavy atom. The van der Waals surface area contributed by atoms with E-state index in [2.05, 4.69) is 182 Å². The van der Waals surface area contributed by atoms with Crippen LogP contribution >= 0.6 is 0 Å². The van der Waals surface area contributed by atoms with Gasteiger partial charge in [-0.05, 0) is 70.1 Å². The zero-order chi connectivity index (χ0) is 39.4. The van der Waals surface area contributed by atoms with Crippen LogP contribution in [0.5, 0.6) is 11.5 Å². The summed E-state index contributed by atoms with van der Waals surface area (Å²) in [5.41, 5.74) is 15.3. The van der Waals surface area contributed by atoms with Crippen LogP contribution in [0.2, 0.25) is 0 Å². The van der Waals surface area contributed by atoms with Crippen LogP contribution in [0.15, 0.2) is 200 Å². The molecule has 4 nitrogen and oxygen atoms in total. The first-order valence-electron chi connectivity index (χ1n) is 20.4. The van der Waals surface area contributed by atoms with Crippen molar-refractivity contribution in [2.75, 3.05) is 0 Å². The molecule has 1 aliphatic heterocycles. The monoisotopic (exact) mass is 763 g/mol. The molecule has 1 aliphatic carbocycles. The van der Waals surface area contributed by atoms with Crippen molar-refractivity contribution >= 4 is 43.5 Å². The first-order chi connectivity index (χ1) is 29.7. The van der Waals surface area contributed by atoms with Gasteiger partial charge in [0.25, 0.3) is 0 Å². The third-order valence-electron chi connectivity index (χ3n) is 12.7. The highest BCUT2D eigenvalue weighted by atomic mass is 16.5. The number of benzene rings is 8. The molecule has 3 aromatic heterocycles. The van der Waals surface area contributed by atoms with Gasteiger partial charge in [-0.15, -0.1) is 0 Å². The quantitative estimate of drug-likeness (QED) is 0.168. The first kappa shape index (κ1) is 33.1. The molecule has 2 aliphatic rings. The van der Waals surface area contributed by atoms with Crippen molar-refractivity contribution in [2.45, 2.75) is 5.41 Å². The summed E-state index contributed by atoms with van der Waals surface area (Å²) in [5.74, 6) is 1.77. The fourth-order valence-electron chi connectivity index (χ4n) is 10.0. The number of hydrogen-bond acceptors (Lipinski definition) is 4. The Morgan fingerprint density at radius 2 is 0.917 bits per heavy atom. The van der Waals surface area contributed by atoms with Crippen LogP contribution in [0.3, 0.4) is 0 Å². The van der Waals surface area contributed by atoms with Crippen LogP contribution in [0.1, 0.15) is 22.3 Å². The number of aromatic nitrogens is 3. The van der Waals surface area contributed by atoms with E-state index in [9.17, 15) is 0 Å². The van der Waals surface area contributed by atoms with E-state index in [1.54, 1.807) is 0 Å². The van der Waals surface area contributed by atoms with Gasteiger partial charge in [-0.2, -0.15) is 0 Å². The zero-order valence-electron chi connectivity index (χ0n) is 32.3. The zero-order valence-corrected chi connectivity index (χ0v) is 32.3. The maximum Gasteiger partial charge on any atom is 0.132 e. The van der Waals surface area contributed by atoms with Gasteiger partial charge in [0.1, 0.15) is 11.5 Å². The minimum Gasteiger partial charge on any atom is -0.457 e. The second-order valence-corrected chi connectivity index (χ2v) is 15.9. The average molecular weight is 764 g/mol. The molecule has 0 bridgehead atoms. The van der Waals surface area contributed by atoms with Gasteiger partial charge in [-0.3, -0.25) is 0 Å². The summed E-state index contributed by atoms with van der Waals surface area (Å²) < 4.78 is 6.63. The van der Waals surface area contributed by atoms with E-state index in [-0.39, 0.29) is 0 Å². The number of para-hydroxylation sites is 2. The molecular weight excluding hydrogens is 731 g/mol. The molecule has 11 aromatic rings. The number of pyridine rings is 3. The van der Waals surface area contributed by atoms with Crippen LogP contribution in [0.25, 0.3) is 88.4 Å². The van der Waals surface area contributed by atoms with Gasteiger partial charge in [0, 0.05) is 49.4 Å². The van der Waals surface area contributed by atoms with Gasteiger partial charge >= 0.3 is 0 Å². The molecule has 0 amide bonds. The number of nitrogens with zero attached hydrogens (tertiary/aromatic N) is 3. The van der Waals surface area contributed by atoms with Gasteiger partial charge < -0.3 is 4.74 Å². The Hall–Kier alpha value is -7.95. The molecular formula is C56H33N3O. The van der Waals surface area contributed by atoms with Gasteiger partial charge in [0.05, 0.1) is 39.0 Å². The lowest BCUT2D eigenvalue weighted by Gasteiger charge is -2.39. The third kappa shape index (κ3) is 4.64. The van der Waals surface area contributed by atoms with Crippen molar-refractivity contribution < 1.29 is 4.74 Å². The number of fused-ring (bicyclic) bond motifs is 15. The van der Waals surface area contributed by atoms with Crippen molar-refractivity contribution in [3.8, 4) is 56.4 Å². The molecule has 0 atom stereocenters. The van der Waals surface area contributed by atoms with Crippen molar-refractivity contribution in [1.82, 2.24) is 15.0 Å². The van der Waals surface area contributed by atoms with Crippen LogP contribution in [-0.4, -0.2) is 15.0 Å². The molecule has 8 aromatic carbocycles. The van der Waals surface area contributed by atoms with E-state index in [1.807, 2.05) is 18.2 Å². The first-order valence-corrected chi connectivity index (χ1v) is 20.4. The second kappa shape index (κ2) is 12.5. The molecule has 4 heteroatoms. The average Bonchev–Trinajstić information content (AvgIpc) is 3.60. The van der Waals surface area contributed by atoms with Crippen LogP contribution in [0.4, 0.5) is 0 Å². The smallest absolute Gasteiger partial charge is 0.132 e. The van der Waals surface area contributed by atoms with Gasteiger partial charge in [-0.1, -0.05) is 158 Å². The minimum absolute atomic E-state index is 0.568. The van der Waals surface area contributed by atoms with E-state index in [4.69, 9.17) is 19.7 Å². The molecule has 4 heterocycles. The second-order valence-electron chi connectivity index (χ2n) is 15.9. The third-order valence-corrected chi connectivity index (χ3v) is 12.7. The molecule has 0 saturated carbocycles. The summed E-state index contributed by atoms with van der Waals surface area (Å²) in [6.45, 7) is 0. The molecule has 0 fully saturated rings. The Bertz CT molecular complexity index is 3530. The normalized spacial score (nSPS) is 13.3. The van der Waals surface area contributed by atoms with Crippen LogP contribution in [-0.2, 0) is 5.41 Å². The number of ether oxygens (including phenoxy) is 1. The van der Waals surface area contributed by atoms with Crippen molar-refractivity contribution in [3.05, 3.63) is 222 Å². The molecule has 0 N–H and O–H groups in total. The van der Waals surface area contributed by atoms with Crippen molar-refractivity contribution in [2.24, 2.45) is 0 Å². The van der Waals surface area contributed by atoms with Crippen molar-refractivity contribution in [3.63, 3.8) is 0 Å².